The topological polar surface area (TPSA) is 66.8 Å². The van der Waals surface area contributed by atoms with E-state index < -0.39 is 6.09 Å². The lowest BCUT2D eigenvalue weighted by Crippen LogP contribution is -2.14. The van der Waals surface area contributed by atoms with E-state index in [9.17, 15) is 9.59 Å². The van der Waals surface area contributed by atoms with Crippen LogP contribution in [-0.2, 0) is 20.7 Å². The van der Waals surface area contributed by atoms with Crippen molar-refractivity contribution in [3.8, 4) is 17.0 Å². The number of esters is 1. The fourth-order valence-electron chi connectivity index (χ4n) is 3.18. The summed E-state index contributed by atoms with van der Waals surface area (Å²) in [6.07, 6.45) is -0.466. The van der Waals surface area contributed by atoms with Crippen molar-refractivity contribution in [2.24, 2.45) is 0 Å². The van der Waals surface area contributed by atoms with Crippen LogP contribution in [-0.4, -0.2) is 37.5 Å². The van der Waals surface area contributed by atoms with Gasteiger partial charge in [-0.25, -0.2) is 9.36 Å². The Morgan fingerprint density at radius 2 is 1.70 bits per heavy atom. The molecule has 0 aliphatic carbocycles. The van der Waals surface area contributed by atoms with Crippen molar-refractivity contribution in [2.75, 3.05) is 20.8 Å². The molecule has 0 fully saturated rings. The summed E-state index contributed by atoms with van der Waals surface area (Å²) in [6.45, 7) is 2.06. The first kappa shape index (κ1) is 18.5. The Kier molecular flexibility index (Phi) is 5.45. The second-order valence-electron chi connectivity index (χ2n) is 5.86. The smallest absolute Gasteiger partial charge is 0.418 e. The Morgan fingerprint density at radius 1 is 1.00 bits per heavy atom. The number of para-hydroxylation sites is 1. The highest BCUT2D eigenvalue weighted by molar-refractivity contribution is 6.01. The molecule has 0 aliphatic rings. The first-order chi connectivity index (χ1) is 13.1. The van der Waals surface area contributed by atoms with Gasteiger partial charge in [0, 0.05) is 5.39 Å². The molecule has 0 bridgehead atoms. The van der Waals surface area contributed by atoms with Crippen LogP contribution in [0.15, 0.2) is 48.5 Å². The average molecular weight is 367 g/mol. The quantitative estimate of drug-likeness (QED) is 0.637. The van der Waals surface area contributed by atoms with Crippen molar-refractivity contribution in [1.29, 1.82) is 0 Å². The van der Waals surface area contributed by atoms with Gasteiger partial charge in [0.05, 0.1) is 38.5 Å². The molecule has 1 heterocycles. The molecule has 0 radical (unpaired) electrons. The van der Waals surface area contributed by atoms with Crippen LogP contribution in [0.25, 0.3) is 22.2 Å². The maximum atomic E-state index is 12.6. The van der Waals surface area contributed by atoms with Crippen molar-refractivity contribution in [3.63, 3.8) is 0 Å². The Bertz CT molecular complexity index is 972. The Labute approximate surface area is 157 Å². The van der Waals surface area contributed by atoms with E-state index in [1.807, 2.05) is 48.5 Å². The molecule has 0 N–H and O–H groups in total. The highest BCUT2D eigenvalue weighted by atomic mass is 16.5. The molecule has 0 atom stereocenters. The molecule has 3 aromatic rings. The Morgan fingerprint density at radius 3 is 2.33 bits per heavy atom. The molecule has 0 amide bonds. The maximum Gasteiger partial charge on any atom is 0.418 e. The van der Waals surface area contributed by atoms with E-state index in [-0.39, 0.29) is 12.4 Å². The monoisotopic (exact) mass is 367 g/mol. The van der Waals surface area contributed by atoms with E-state index in [1.165, 1.54) is 11.7 Å². The fraction of sp³-hybridized carbons (Fsp3) is 0.238. The van der Waals surface area contributed by atoms with E-state index in [0.29, 0.717) is 23.6 Å². The number of hydrogen-bond acceptors (Lipinski definition) is 5. The van der Waals surface area contributed by atoms with E-state index in [0.717, 1.165) is 16.5 Å². The van der Waals surface area contributed by atoms with Crippen molar-refractivity contribution in [2.45, 2.75) is 13.3 Å². The third-order valence-electron chi connectivity index (χ3n) is 4.33. The van der Waals surface area contributed by atoms with Gasteiger partial charge in [0.25, 0.3) is 0 Å². The first-order valence-corrected chi connectivity index (χ1v) is 8.61. The second-order valence-corrected chi connectivity index (χ2v) is 5.86. The van der Waals surface area contributed by atoms with Crippen molar-refractivity contribution < 1.29 is 23.8 Å². The molecule has 27 heavy (non-hydrogen) atoms. The van der Waals surface area contributed by atoms with Gasteiger partial charge in [0.2, 0.25) is 0 Å². The first-order valence-electron chi connectivity index (χ1n) is 8.61. The third-order valence-corrected chi connectivity index (χ3v) is 4.33. The van der Waals surface area contributed by atoms with Crippen LogP contribution in [0.2, 0.25) is 0 Å². The van der Waals surface area contributed by atoms with Crippen LogP contribution >= 0.6 is 0 Å². The number of carbonyl (C=O) groups excluding carboxylic acids is 2. The van der Waals surface area contributed by atoms with Crippen LogP contribution in [0.5, 0.6) is 5.75 Å². The molecular weight excluding hydrogens is 346 g/mol. The molecule has 140 valence electrons. The average Bonchev–Trinajstić information content (AvgIpc) is 3.02. The van der Waals surface area contributed by atoms with Crippen LogP contribution in [0.3, 0.4) is 0 Å². The molecular formula is C21H21NO5. The van der Waals surface area contributed by atoms with E-state index in [2.05, 4.69) is 0 Å². The van der Waals surface area contributed by atoms with Gasteiger partial charge < -0.3 is 14.2 Å². The number of fused-ring (bicyclic) bond motifs is 1. The Balaban J connectivity index is 2.29. The third kappa shape index (κ3) is 3.51. The summed E-state index contributed by atoms with van der Waals surface area (Å²) in [5, 5.41) is 0.807. The van der Waals surface area contributed by atoms with Crippen LogP contribution in [0.4, 0.5) is 4.79 Å². The zero-order valence-corrected chi connectivity index (χ0v) is 15.5. The normalized spacial score (nSPS) is 10.6. The number of nitrogens with zero attached hydrogens (tertiary/aromatic N) is 1. The van der Waals surface area contributed by atoms with E-state index in [1.54, 1.807) is 14.0 Å². The van der Waals surface area contributed by atoms with Crippen LogP contribution < -0.4 is 4.74 Å². The van der Waals surface area contributed by atoms with Gasteiger partial charge in [0.15, 0.2) is 0 Å². The number of rotatable bonds is 5. The van der Waals surface area contributed by atoms with Crippen LogP contribution in [0.1, 0.15) is 12.5 Å². The number of aromatic nitrogens is 1. The summed E-state index contributed by atoms with van der Waals surface area (Å²) in [7, 11) is 2.92. The zero-order chi connectivity index (χ0) is 19.4. The number of hydrogen-bond donors (Lipinski definition) is 0. The molecule has 0 unspecified atom stereocenters. The largest absolute Gasteiger partial charge is 0.497 e. The predicted octanol–water partition coefficient (Wildman–Crippen LogP) is 4.04. The lowest BCUT2D eigenvalue weighted by molar-refractivity contribution is -0.142. The molecule has 1 aromatic heterocycles. The number of methoxy groups -OCH3 is 2. The van der Waals surface area contributed by atoms with Gasteiger partial charge in [-0.1, -0.05) is 18.2 Å². The minimum atomic E-state index is -0.521. The fourth-order valence-corrected chi connectivity index (χ4v) is 3.18. The van der Waals surface area contributed by atoms with Gasteiger partial charge in [-0.3, -0.25) is 4.79 Å². The molecule has 0 aliphatic heterocycles. The van der Waals surface area contributed by atoms with Crippen molar-refractivity contribution in [3.05, 3.63) is 54.1 Å². The molecule has 3 rings (SSSR count). The van der Waals surface area contributed by atoms with Crippen molar-refractivity contribution in [1.82, 2.24) is 4.57 Å². The highest BCUT2D eigenvalue weighted by Gasteiger charge is 2.24. The van der Waals surface area contributed by atoms with Crippen molar-refractivity contribution >= 4 is 23.0 Å². The summed E-state index contributed by atoms with van der Waals surface area (Å²) in [5.74, 6) is 0.353. The minimum Gasteiger partial charge on any atom is -0.497 e. The molecule has 6 heteroatoms. The molecule has 0 saturated heterocycles. The summed E-state index contributed by atoms with van der Waals surface area (Å²) in [4.78, 5) is 24.8. The van der Waals surface area contributed by atoms with Gasteiger partial charge in [-0.15, -0.1) is 0 Å². The molecule has 2 aromatic carbocycles. The van der Waals surface area contributed by atoms with Gasteiger partial charge in [0.1, 0.15) is 5.75 Å². The second kappa shape index (κ2) is 7.95. The van der Waals surface area contributed by atoms with Crippen LogP contribution in [0, 0.1) is 0 Å². The van der Waals surface area contributed by atoms with E-state index in [4.69, 9.17) is 14.2 Å². The Hall–Kier alpha value is -3.28. The molecule has 0 spiro atoms. The highest BCUT2D eigenvalue weighted by Crippen LogP contribution is 2.35. The van der Waals surface area contributed by atoms with Gasteiger partial charge in [-0.2, -0.15) is 0 Å². The van der Waals surface area contributed by atoms with Gasteiger partial charge >= 0.3 is 12.1 Å². The number of carbonyl (C=O) groups is 2. The SMILES string of the molecule is CCOC(=O)Cc1c(-c2ccc(OC)cc2)n(C(=O)OC)c2ccccc12. The summed E-state index contributed by atoms with van der Waals surface area (Å²) in [6, 6.07) is 14.7. The predicted molar refractivity (Wildman–Crippen MR) is 102 cm³/mol. The molecule has 0 saturated carbocycles. The summed E-state index contributed by atoms with van der Waals surface area (Å²) in [5.41, 5.74) is 2.78. The number of ether oxygens (including phenoxy) is 3. The van der Waals surface area contributed by atoms with Gasteiger partial charge in [-0.05, 0) is 48.4 Å². The lowest BCUT2D eigenvalue weighted by atomic mass is 10.0. The summed E-state index contributed by atoms with van der Waals surface area (Å²) < 4.78 is 16.8. The zero-order valence-electron chi connectivity index (χ0n) is 15.5. The minimum absolute atomic E-state index is 0.0553. The number of benzene rings is 2. The maximum absolute atomic E-state index is 12.6. The molecule has 6 nitrogen and oxygen atoms in total. The summed E-state index contributed by atoms with van der Waals surface area (Å²) >= 11 is 0. The standard InChI is InChI=1S/C21H21NO5/c1-4-27-19(23)13-17-16-7-5-6-8-18(16)22(21(24)26-3)20(17)14-9-11-15(25-2)12-10-14/h5-12H,4,13H2,1-3H3. The lowest BCUT2D eigenvalue weighted by Gasteiger charge is -2.11. The van der Waals surface area contributed by atoms with E-state index >= 15 is 0 Å².